The molecular weight excluding hydrogens is 382 g/mol. The molecule has 3 aromatic rings. The zero-order valence-corrected chi connectivity index (χ0v) is 16.9. The van der Waals surface area contributed by atoms with Gasteiger partial charge >= 0.3 is 6.03 Å². The Morgan fingerprint density at radius 2 is 2.13 bits per heavy atom. The Labute approximate surface area is 175 Å². The van der Waals surface area contributed by atoms with Crippen molar-refractivity contribution in [1.29, 1.82) is 0 Å². The maximum absolute atomic E-state index is 12.4. The van der Waals surface area contributed by atoms with Crippen LogP contribution >= 0.6 is 0 Å². The Hall–Kier alpha value is -3.39. The molecule has 4 rings (SSSR count). The summed E-state index contributed by atoms with van der Waals surface area (Å²) in [5.74, 6) is 1.58. The molecule has 30 heavy (non-hydrogen) atoms. The van der Waals surface area contributed by atoms with Crippen LogP contribution in [0.4, 0.5) is 10.5 Å². The lowest BCUT2D eigenvalue weighted by Gasteiger charge is -2.24. The number of imidazole rings is 1. The van der Waals surface area contributed by atoms with E-state index in [0.717, 1.165) is 48.7 Å². The second kappa shape index (κ2) is 9.41. The zero-order valence-electron chi connectivity index (χ0n) is 16.9. The fourth-order valence-corrected chi connectivity index (χ4v) is 3.37. The van der Waals surface area contributed by atoms with Crippen LogP contribution in [0, 0.1) is 6.92 Å². The van der Waals surface area contributed by atoms with E-state index >= 15 is 0 Å². The van der Waals surface area contributed by atoms with Gasteiger partial charge in [-0.2, -0.15) is 0 Å². The van der Waals surface area contributed by atoms with Gasteiger partial charge in [-0.05, 0) is 36.8 Å². The van der Waals surface area contributed by atoms with E-state index in [1.54, 1.807) is 18.7 Å². The van der Waals surface area contributed by atoms with Crippen molar-refractivity contribution in [3.8, 4) is 11.6 Å². The number of amides is 2. The molecule has 0 radical (unpaired) electrons. The van der Waals surface area contributed by atoms with Crippen molar-refractivity contribution in [1.82, 2.24) is 19.9 Å². The van der Waals surface area contributed by atoms with Crippen molar-refractivity contribution in [2.24, 2.45) is 0 Å². The number of carbonyl (C=O) groups excluding carboxylic acids is 1. The summed E-state index contributed by atoms with van der Waals surface area (Å²) in [6.45, 7) is 3.80. The molecule has 0 aliphatic carbocycles. The maximum atomic E-state index is 12.4. The van der Waals surface area contributed by atoms with E-state index in [0.29, 0.717) is 12.2 Å². The number of ether oxygens (including phenoxy) is 2. The van der Waals surface area contributed by atoms with Crippen molar-refractivity contribution < 1.29 is 14.3 Å². The molecule has 8 nitrogen and oxygen atoms in total. The zero-order chi connectivity index (χ0) is 20.8. The van der Waals surface area contributed by atoms with E-state index < -0.39 is 0 Å². The number of aryl methyl sites for hydroxylation is 1. The fraction of sp³-hybridized carbons (Fsp3) is 0.318. The number of hydrogen-bond donors (Lipinski definition) is 2. The highest BCUT2D eigenvalue weighted by atomic mass is 16.5. The molecular formula is C22H25N5O3. The lowest BCUT2D eigenvalue weighted by Crippen LogP contribution is -2.29. The van der Waals surface area contributed by atoms with Gasteiger partial charge in [0.15, 0.2) is 0 Å². The fourth-order valence-electron chi connectivity index (χ4n) is 3.37. The molecule has 2 amide bonds. The molecule has 2 aromatic heterocycles. The van der Waals surface area contributed by atoms with Crippen LogP contribution in [0.15, 0.2) is 55.2 Å². The number of nitrogens with one attached hydrogen (secondary N) is 2. The third-order valence-electron chi connectivity index (χ3n) is 4.95. The lowest BCUT2D eigenvalue weighted by molar-refractivity contribution is 0.0253. The van der Waals surface area contributed by atoms with E-state index in [-0.39, 0.29) is 12.1 Å². The van der Waals surface area contributed by atoms with E-state index in [1.807, 2.05) is 48.0 Å². The van der Waals surface area contributed by atoms with E-state index in [4.69, 9.17) is 9.47 Å². The van der Waals surface area contributed by atoms with E-state index in [9.17, 15) is 4.79 Å². The molecule has 1 fully saturated rings. The average molecular weight is 407 g/mol. The Balaban J connectivity index is 1.34. The summed E-state index contributed by atoms with van der Waals surface area (Å²) in [5, 5.41) is 5.75. The monoisotopic (exact) mass is 407 g/mol. The second-order valence-electron chi connectivity index (χ2n) is 7.17. The van der Waals surface area contributed by atoms with Gasteiger partial charge in [0.1, 0.15) is 24.0 Å². The number of rotatable bonds is 6. The molecule has 1 aromatic carbocycles. The molecule has 0 saturated carbocycles. The number of benzene rings is 1. The molecule has 1 aliphatic heterocycles. The van der Waals surface area contributed by atoms with Gasteiger partial charge < -0.3 is 20.1 Å². The minimum atomic E-state index is -0.284. The topological polar surface area (TPSA) is 90.3 Å². The molecule has 0 spiro atoms. The Bertz CT molecular complexity index is 984. The molecule has 2 N–H and O–H groups in total. The standard InChI is InChI=1S/C22H25N5O3/c1-16-13-18(4-5-20(16)30-19-6-11-29-12-7-19)26-22(28)25-14-17-3-2-8-24-21(17)27-10-9-23-15-27/h2-5,8-10,13,15,19H,6-7,11-12,14H2,1H3,(H2,25,26,28). The number of nitrogens with zero attached hydrogens (tertiary/aromatic N) is 3. The minimum absolute atomic E-state index is 0.184. The van der Waals surface area contributed by atoms with Crippen LogP contribution < -0.4 is 15.4 Å². The summed E-state index contributed by atoms with van der Waals surface area (Å²) in [7, 11) is 0. The van der Waals surface area contributed by atoms with Crippen molar-refractivity contribution in [2.75, 3.05) is 18.5 Å². The predicted molar refractivity (Wildman–Crippen MR) is 113 cm³/mol. The lowest BCUT2D eigenvalue weighted by atomic mass is 10.1. The molecule has 1 saturated heterocycles. The van der Waals surface area contributed by atoms with Gasteiger partial charge in [-0.1, -0.05) is 6.07 Å². The highest BCUT2D eigenvalue weighted by Crippen LogP contribution is 2.25. The third kappa shape index (κ3) is 4.96. The van der Waals surface area contributed by atoms with Gasteiger partial charge in [-0.3, -0.25) is 4.57 Å². The molecule has 8 heteroatoms. The summed E-state index contributed by atoms with van der Waals surface area (Å²) in [6, 6.07) is 9.15. The normalized spacial score (nSPS) is 14.3. The maximum Gasteiger partial charge on any atom is 0.319 e. The van der Waals surface area contributed by atoms with Crippen LogP contribution in [0.3, 0.4) is 0 Å². The minimum Gasteiger partial charge on any atom is -0.490 e. The van der Waals surface area contributed by atoms with Crippen LogP contribution in [0.1, 0.15) is 24.0 Å². The van der Waals surface area contributed by atoms with Crippen molar-refractivity contribution in [3.05, 3.63) is 66.4 Å². The number of urea groups is 1. The number of anilines is 1. The summed E-state index contributed by atoms with van der Waals surface area (Å²) >= 11 is 0. The quantitative estimate of drug-likeness (QED) is 0.653. The van der Waals surface area contributed by atoms with Crippen LogP contribution in [-0.4, -0.2) is 39.9 Å². The Morgan fingerprint density at radius 1 is 1.27 bits per heavy atom. The first-order valence-electron chi connectivity index (χ1n) is 10.0. The van der Waals surface area contributed by atoms with Crippen LogP contribution in [0.5, 0.6) is 5.75 Å². The Morgan fingerprint density at radius 3 is 2.90 bits per heavy atom. The number of carbonyl (C=O) groups is 1. The predicted octanol–water partition coefficient (Wildman–Crippen LogP) is 3.46. The molecule has 1 aliphatic rings. The number of pyridine rings is 1. The summed E-state index contributed by atoms with van der Waals surface area (Å²) in [4.78, 5) is 20.8. The SMILES string of the molecule is Cc1cc(NC(=O)NCc2cccnc2-n2ccnc2)ccc1OC1CCOCC1. The van der Waals surface area contributed by atoms with Crippen LogP contribution in [-0.2, 0) is 11.3 Å². The van der Waals surface area contributed by atoms with Gasteiger partial charge in [-0.25, -0.2) is 14.8 Å². The second-order valence-corrected chi connectivity index (χ2v) is 7.17. The summed E-state index contributed by atoms with van der Waals surface area (Å²) in [5.41, 5.74) is 2.58. The molecule has 3 heterocycles. The first-order chi connectivity index (χ1) is 14.7. The van der Waals surface area contributed by atoms with Gasteiger partial charge in [0, 0.05) is 49.2 Å². The largest absolute Gasteiger partial charge is 0.490 e. The number of hydrogen-bond acceptors (Lipinski definition) is 5. The third-order valence-corrected chi connectivity index (χ3v) is 4.95. The van der Waals surface area contributed by atoms with Gasteiger partial charge in [-0.15, -0.1) is 0 Å². The van der Waals surface area contributed by atoms with Gasteiger partial charge in [0.05, 0.1) is 13.2 Å². The summed E-state index contributed by atoms with van der Waals surface area (Å²) < 4.78 is 13.3. The molecule has 0 unspecified atom stereocenters. The summed E-state index contributed by atoms with van der Waals surface area (Å²) in [6.07, 6.45) is 8.89. The van der Waals surface area contributed by atoms with Crippen LogP contribution in [0.25, 0.3) is 5.82 Å². The first-order valence-corrected chi connectivity index (χ1v) is 10.0. The van der Waals surface area contributed by atoms with E-state index in [1.165, 1.54) is 0 Å². The number of aromatic nitrogens is 3. The van der Waals surface area contributed by atoms with Gasteiger partial charge in [0.2, 0.25) is 0 Å². The van der Waals surface area contributed by atoms with Crippen molar-refractivity contribution in [2.45, 2.75) is 32.4 Å². The first kappa shape index (κ1) is 19.9. The Kier molecular flexibility index (Phi) is 6.24. The van der Waals surface area contributed by atoms with Crippen molar-refractivity contribution in [3.63, 3.8) is 0 Å². The van der Waals surface area contributed by atoms with Crippen molar-refractivity contribution >= 4 is 11.7 Å². The average Bonchev–Trinajstić information content (AvgIpc) is 3.30. The van der Waals surface area contributed by atoms with Gasteiger partial charge in [0.25, 0.3) is 0 Å². The molecule has 156 valence electrons. The highest BCUT2D eigenvalue weighted by Gasteiger charge is 2.16. The van der Waals surface area contributed by atoms with Crippen LogP contribution in [0.2, 0.25) is 0 Å². The highest BCUT2D eigenvalue weighted by molar-refractivity contribution is 5.89. The molecule has 0 bridgehead atoms. The van der Waals surface area contributed by atoms with E-state index in [2.05, 4.69) is 20.6 Å². The molecule has 0 atom stereocenters. The smallest absolute Gasteiger partial charge is 0.319 e.